The molecule has 7 heteroatoms. The zero-order chi connectivity index (χ0) is 15.1. The number of carbonyl (C=O) groups excluding carboxylic acids is 2. The number of pyridine rings is 1. The van der Waals surface area contributed by atoms with Gasteiger partial charge in [0.1, 0.15) is 0 Å². The first kappa shape index (κ1) is 15.0. The summed E-state index contributed by atoms with van der Waals surface area (Å²) < 4.78 is 5.00. The first-order chi connectivity index (χ1) is 10.2. The van der Waals surface area contributed by atoms with Crippen molar-refractivity contribution in [1.82, 2.24) is 15.6 Å². The number of carbonyl (C=O) groups is 2. The van der Waals surface area contributed by atoms with Crippen LogP contribution < -0.4 is 15.4 Å². The Morgan fingerprint density at radius 3 is 2.90 bits per heavy atom. The van der Waals surface area contributed by atoms with Crippen molar-refractivity contribution in [2.75, 3.05) is 13.7 Å². The number of rotatable bonds is 6. The van der Waals surface area contributed by atoms with Crippen LogP contribution in [-0.4, -0.2) is 30.5 Å². The smallest absolute Gasteiger partial charge is 0.261 e. The lowest BCUT2D eigenvalue weighted by Gasteiger charge is -2.07. The Balaban J connectivity index is 1.75. The lowest BCUT2D eigenvalue weighted by Crippen LogP contribution is -2.36. The third kappa shape index (κ3) is 4.57. The zero-order valence-electron chi connectivity index (χ0n) is 11.5. The summed E-state index contributed by atoms with van der Waals surface area (Å²) in [6.45, 7) is 0.297. The largest absolute Gasteiger partial charge is 0.481 e. The minimum atomic E-state index is -0.254. The summed E-state index contributed by atoms with van der Waals surface area (Å²) in [4.78, 5) is 27.9. The molecule has 0 radical (unpaired) electrons. The number of nitrogens with one attached hydrogen (secondary N) is 2. The molecule has 0 bridgehead atoms. The zero-order valence-corrected chi connectivity index (χ0v) is 12.3. The van der Waals surface area contributed by atoms with Gasteiger partial charge in [-0.1, -0.05) is 6.07 Å². The SMILES string of the molecule is COc1cc(CNC(=O)CNC(=O)c2cccs2)ccn1. The van der Waals surface area contributed by atoms with Crippen LogP contribution in [-0.2, 0) is 11.3 Å². The number of hydrogen-bond acceptors (Lipinski definition) is 5. The molecule has 2 heterocycles. The molecule has 0 saturated heterocycles. The third-order valence-corrected chi connectivity index (χ3v) is 3.52. The Kier molecular flexibility index (Phi) is 5.28. The predicted molar refractivity (Wildman–Crippen MR) is 79.3 cm³/mol. The van der Waals surface area contributed by atoms with Crippen molar-refractivity contribution in [2.24, 2.45) is 0 Å². The van der Waals surface area contributed by atoms with Crippen LogP contribution in [0.5, 0.6) is 5.88 Å². The van der Waals surface area contributed by atoms with Gasteiger partial charge in [-0.15, -0.1) is 11.3 Å². The maximum absolute atomic E-state index is 11.7. The molecule has 6 nitrogen and oxygen atoms in total. The molecule has 2 N–H and O–H groups in total. The Bertz CT molecular complexity index is 614. The maximum atomic E-state index is 11.7. The summed E-state index contributed by atoms with van der Waals surface area (Å²) in [7, 11) is 1.53. The summed E-state index contributed by atoms with van der Waals surface area (Å²) in [5, 5.41) is 7.09. The van der Waals surface area contributed by atoms with E-state index in [0.29, 0.717) is 17.3 Å². The van der Waals surface area contributed by atoms with Crippen molar-refractivity contribution < 1.29 is 14.3 Å². The molecule has 0 aliphatic heterocycles. The average molecular weight is 305 g/mol. The number of thiophene rings is 1. The Morgan fingerprint density at radius 2 is 2.19 bits per heavy atom. The number of hydrogen-bond donors (Lipinski definition) is 2. The van der Waals surface area contributed by atoms with Crippen molar-refractivity contribution in [2.45, 2.75) is 6.54 Å². The van der Waals surface area contributed by atoms with Crippen molar-refractivity contribution >= 4 is 23.2 Å². The Morgan fingerprint density at radius 1 is 1.33 bits per heavy atom. The van der Waals surface area contributed by atoms with E-state index in [9.17, 15) is 9.59 Å². The van der Waals surface area contributed by atoms with Crippen LogP contribution in [0.3, 0.4) is 0 Å². The maximum Gasteiger partial charge on any atom is 0.261 e. The molecule has 2 aromatic heterocycles. The van der Waals surface area contributed by atoms with Gasteiger partial charge in [0.15, 0.2) is 0 Å². The van der Waals surface area contributed by atoms with Gasteiger partial charge in [0.05, 0.1) is 18.5 Å². The summed E-state index contributed by atoms with van der Waals surface area (Å²) in [6.07, 6.45) is 1.61. The molecule has 0 unspecified atom stereocenters. The second-order valence-corrected chi connectivity index (χ2v) is 5.09. The summed E-state index contributed by atoms with van der Waals surface area (Å²) in [5.41, 5.74) is 0.875. The number of methoxy groups -OCH3 is 1. The van der Waals surface area contributed by atoms with Crippen LogP contribution in [0.2, 0.25) is 0 Å². The molecule has 0 atom stereocenters. The molecule has 2 amide bonds. The average Bonchev–Trinajstić information content (AvgIpc) is 3.05. The molecule has 0 saturated carbocycles. The number of aromatic nitrogens is 1. The van der Waals surface area contributed by atoms with Crippen LogP contribution in [0.4, 0.5) is 0 Å². The van der Waals surface area contributed by atoms with Crippen molar-refractivity contribution in [3.63, 3.8) is 0 Å². The van der Waals surface area contributed by atoms with Gasteiger partial charge in [0, 0.05) is 18.8 Å². The van der Waals surface area contributed by atoms with E-state index < -0.39 is 0 Å². The molecule has 0 aliphatic carbocycles. The normalized spacial score (nSPS) is 9.95. The second-order valence-electron chi connectivity index (χ2n) is 4.14. The number of ether oxygens (including phenoxy) is 1. The van der Waals surface area contributed by atoms with Gasteiger partial charge in [-0.2, -0.15) is 0 Å². The van der Waals surface area contributed by atoms with Crippen LogP contribution in [0, 0.1) is 0 Å². The highest BCUT2D eigenvalue weighted by Crippen LogP contribution is 2.08. The van der Waals surface area contributed by atoms with E-state index in [1.807, 2.05) is 5.38 Å². The third-order valence-electron chi connectivity index (χ3n) is 2.65. The first-order valence-corrected chi connectivity index (χ1v) is 7.14. The number of nitrogens with zero attached hydrogens (tertiary/aromatic N) is 1. The summed E-state index contributed by atoms with van der Waals surface area (Å²) >= 11 is 1.33. The highest BCUT2D eigenvalue weighted by Gasteiger charge is 2.08. The van der Waals surface area contributed by atoms with Gasteiger partial charge in [-0.3, -0.25) is 9.59 Å². The van der Waals surface area contributed by atoms with Gasteiger partial charge in [-0.05, 0) is 23.1 Å². The quantitative estimate of drug-likeness (QED) is 0.840. The summed E-state index contributed by atoms with van der Waals surface area (Å²) in [6, 6.07) is 7.02. The molecular weight excluding hydrogens is 290 g/mol. The van der Waals surface area contributed by atoms with E-state index in [1.54, 1.807) is 30.5 Å². The van der Waals surface area contributed by atoms with Gasteiger partial charge >= 0.3 is 0 Å². The van der Waals surface area contributed by atoms with Gasteiger partial charge in [0.2, 0.25) is 11.8 Å². The van der Waals surface area contributed by atoms with Gasteiger partial charge in [-0.25, -0.2) is 4.98 Å². The number of amides is 2. The fourth-order valence-electron chi connectivity index (χ4n) is 1.59. The molecule has 0 spiro atoms. The molecule has 0 aliphatic rings. The van der Waals surface area contributed by atoms with E-state index in [2.05, 4.69) is 15.6 Å². The monoisotopic (exact) mass is 305 g/mol. The summed E-state index contributed by atoms with van der Waals surface area (Å²) in [5.74, 6) is -0.00540. The van der Waals surface area contributed by atoms with Crippen LogP contribution in [0.1, 0.15) is 15.2 Å². The van der Waals surface area contributed by atoms with Gasteiger partial charge < -0.3 is 15.4 Å². The molecule has 0 aromatic carbocycles. The van der Waals surface area contributed by atoms with Gasteiger partial charge in [0.25, 0.3) is 5.91 Å². The highest BCUT2D eigenvalue weighted by atomic mass is 32.1. The Labute approximate surface area is 126 Å². The fourth-order valence-corrected chi connectivity index (χ4v) is 2.23. The molecule has 110 valence electrons. The van der Waals surface area contributed by atoms with E-state index in [1.165, 1.54) is 18.4 Å². The molecule has 2 aromatic rings. The highest BCUT2D eigenvalue weighted by molar-refractivity contribution is 7.12. The van der Waals surface area contributed by atoms with Crippen LogP contribution in [0.15, 0.2) is 35.8 Å². The topological polar surface area (TPSA) is 80.3 Å². The fraction of sp³-hybridized carbons (Fsp3) is 0.214. The molecule has 0 fully saturated rings. The van der Waals surface area contributed by atoms with E-state index in [0.717, 1.165) is 5.56 Å². The lowest BCUT2D eigenvalue weighted by molar-refractivity contribution is -0.120. The minimum absolute atomic E-state index is 0.0566. The molecule has 21 heavy (non-hydrogen) atoms. The van der Waals surface area contributed by atoms with E-state index in [-0.39, 0.29) is 18.4 Å². The molecule has 2 rings (SSSR count). The standard InChI is InChI=1S/C14H15N3O3S/c1-20-13-7-10(4-5-15-13)8-16-12(18)9-17-14(19)11-3-2-6-21-11/h2-7H,8-9H2,1H3,(H,16,18)(H,17,19). The first-order valence-electron chi connectivity index (χ1n) is 6.26. The van der Waals surface area contributed by atoms with E-state index in [4.69, 9.17) is 4.74 Å². The molecular formula is C14H15N3O3S. The van der Waals surface area contributed by atoms with Crippen LogP contribution >= 0.6 is 11.3 Å². The van der Waals surface area contributed by atoms with E-state index >= 15 is 0 Å². The van der Waals surface area contributed by atoms with Crippen molar-refractivity contribution in [3.8, 4) is 5.88 Å². The van der Waals surface area contributed by atoms with Crippen molar-refractivity contribution in [3.05, 3.63) is 46.3 Å². The minimum Gasteiger partial charge on any atom is -0.481 e. The van der Waals surface area contributed by atoms with Crippen molar-refractivity contribution in [1.29, 1.82) is 0 Å². The second kappa shape index (κ2) is 7.39. The lowest BCUT2D eigenvalue weighted by atomic mass is 10.2. The van der Waals surface area contributed by atoms with Crippen LogP contribution in [0.25, 0.3) is 0 Å². The predicted octanol–water partition coefficient (Wildman–Crippen LogP) is 1.20. The Hall–Kier alpha value is -2.41.